The van der Waals surface area contributed by atoms with Crippen molar-refractivity contribution in [1.82, 2.24) is 4.31 Å². The van der Waals surface area contributed by atoms with Gasteiger partial charge in [-0.05, 0) is 56.0 Å². The van der Waals surface area contributed by atoms with Gasteiger partial charge in [0, 0.05) is 13.1 Å². The molecule has 1 heterocycles. The summed E-state index contributed by atoms with van der Waals surface area (Å²) in [6.45, 7) is 3.98. The highest BCUT2D eigenvalue weighted by atomic mass is 32.2. The highest BCUT2D eigenvalue weighted by Gasteiger charge is 2.28. The standard InChI is InChI=1S/C23H31N3O6S2/c1-17-9-8-10-18(2)23(17)26(33(4,28)29)16-22(27)24-20-15-19(11-12-21(20)32-3)34(30,31)25-13-6-5-7-14-25/h8-12,15H,5-7,13-14,16H2,1-4H3,(H,24,27). The number of nitrogens with one attached hydrogen (secondary N) is 1. The van der Waals surface area contributed by atoms with Crippen molar-refractivity contribution in [1.29, 1.82) is 0 Å². The Labute approximate surface area is 201 Å². The molecule has 0 aromatic heterocycles. The number of para-hydroxylation sites is 1. The van der Waals surface area contributed by atoms with E-state index in [1.54, 1.807) is 26.0 Å². The SMILES string of the molecule is COc1ccc(S(=O)(=O)N2CCCCC2)cc1NC(=O)CN(c1c(C)cccc1C)S(C)(=O)=O. The minimum atomic E-state index is -3.77. The zero-order chi connectivity index (χ0) is 25.1. The molecule has 0 atom stereocenters. The van der Waals surface area contributed by atoms with Crippen molar-refractivity contribution in [3.63, 3.8) is 0 Å². The zero-order valence-electron chi connectivity index (χ0n) is 19.9. The van der Waals surface area contributed by atoms with E-state index in [9.17, 15) is 21.6 Å². The maximum absolute atomic E-state index is 13.1. The fourth-order valence-electron chi connectivity index (χ4n) is 4.08. The van der Waals surface area contributed by atoms with Crippen LogP contribution in [0.1, 0.15) is 30.4 Å². The molecule has 0 unspecified atom stereocenters. The van der Waals surface area contributed by atoms with E-state index < -0.39 is 32.5 Å². The molecule has 0 spiro atoms. The van der Waals surface area contributed by atoms with Crippen LogP contribution < -0.4 is 14.4 Å². The van der Waals surface area contributed by atoms with Crippen LogP contribution >= 0.6 is 0 Å². The Morgan fingerprint density at radius 1 is 1.03 bits per heavy atom. The third kappa shape index (κ3) is 5.70. The molecule has 1 aliphatic heterocycles. The topological polar surface area (TPSA) is 113 Å². The number of anilines is 2. The summed E-state index contributed by atoms with van der Waals surface area (Å²) in [6.07, 6.45) is 3.64. The monoisotopic (exact) mass is 509 g/mol. The summed E-state index contributed by atoms with van der Waals surface area (Å²) in [5.74, 6) is -0.358. The van der Waals surface area contributed by atoms with E-state index in [1.165, 1.54) is 29.6 Å². The molecular formula is C23H31N3O6S2. The molecule has 0 saturated carbocycles. The highest BCUT2D eigenvalue weighted by Crippen LogP contribution is 2.31. The number of ether oxygens (including phenoxy) is 1. The smallest absolute Gasteiger partial charge is 0.245 e. The number of piperidine rings is 1. The molecule has 34 heavy (non-hydrogen) atoms. The molecule has 0 radical (unpaired) electrons. The minimum absolute atomic E-state index is 0.0419. The summed E-state index contributed by atoms with van der Waals surface area (Å²) in [6, 6.07) is 9.63. The van der Waals surface area contributed by atoms with Crippen LogP contribution in [0.3, 0.4) is 0 Å². The van der Waals surface area contributed by atoms with Crippen LogP contribution in [0.15, 0.2) is 41.3 Å². The Hall–Kier alpha value is -2.63. The van der Waals surface area contributed by atoms with E-state index in [2.05, 4.69) is 5.32 Å². The molecule has 1 aliphatic rings. The predicted molar refractivity (Wildman–Crippen MR) is 132 cm³/mol. The van der Waals surface area contributed by atoms with Gasteiger partial charge in [0.2, 0.25) is 26.0 Å². The minimum Gasteiger partial charge on any atom is -0.495 e. The second-order valence-electron chi connectivity index (χ2n) is 8.39. The number of methoxy groups -OCH3 is 1. The van der Waals surface area contributed by atoms with Gasteiger partial charge in [-0.3, -0.25) is 9.10 Å². The number of hydrogen-bond acceptors (Lipinski definition) is 6. The molecular weight excluding hydrogens is 478 g/mol. The fraction of sp³-hybridized carbons (Fsp3) is 0.435. The van der Waals surface area contributed by atoms with E-state index >= 15 is 0 Å². The number of sulfonamides is 2. The average Bonchev–Trinajstić information content (AvgIpc) is 2.78. The molecule has 186 valence electrons. The van der Waals surface area contributed by atoms with E-state index in [4.69, 9.17) is 4.74 Å². The molecule has 0 bridgehead atoms. The molecule has 2 aromatic carbocycles. The van der Waals surface area contributed by atoms with Crippen molar-refractivity contribution >= 4 is 37.3 Å². The van der Waals surface area contributed by atoms with Crippen molar-refractivity contribution < 1.29 is 26.4 Å². The Bertz CT molecular complexity index is 1250. The third-order valence-corrected chi connectivity index (χ3v) is 8.78. The van der Waals surface area contributed by atoms with Crippen molar-refractivity contribution in [3.05, 3.63) is 47.5 Å². The lowest BCUT2D eigenvalue weighted by molar-refractivity contribution is -0.114. The van der Waals surface area contributed by atoms with Crippen LogP contribution in [0.2, 0.25) is 0 Å². The Balaban J connectivity index is 1.90. The average molecular weight is 510 g/mol. The number of benzene rings is 2. The summed E-state index contributed by atoms with van der Waals surface area (Å²) < 4.78 is 59.0. The maximum atomic E-state index is 13.1. The van der Waals surface area contributed by atoms with Gasteiger partial charge in [-0.2, -0.15) is 4.31 Å². The summed E-state index contributed by atoms with van der Waals surface area (Å²) in [4.78, 5) is 13.0. The van der Waals surface area contributed by atoms with E-state index in [0.717, 1.165) is 29.8 Å². The van der Waals surface area contributed by atoms with Crippen LogP contribution in [0.5, 0.6) is 5.75 Å². The first kappa shape index (κ1) is 26.0. The zero-order valence-corrected chi connectivity index (χ0v) is 21.5. The lowest BCUT2D eigenvalue weighted by Gasteiger charge is -2.26. The van der Waals surface area contributed by atoms with Crippen LogP contribution in [0.25, 0.3) is 0 Å². The predicted octanol–water partition coefficient (Wildman–Crippen LogP) is 2.89. The number of carbonyl (C=O) groups is 1. The van der Waals surface area contributed by atoms with Crippen LogP contribution in [-0.2, 0) is 24.8 Å². The summed E-state index contributed by atoms with van der Waals surface area (Å²) in [5, 5.41) is 2.64. The lowest BCUT2D eigenvalue weighted by atomic mass is 10.1. The number of hydrogen-bond donors (Lipinski definition) is 1. The number of aryl methyl sites for hydroxylation is 2. The molecule has 1 saturated heterocycles. The molecule has 1 N–H and O–H groups in total. The number of rotatable bonds is 8. The van der Waals surface area contributed by atoms with Gasteiger partial charge < -0.3 is 10.1 Å². The quantitative estimate of drug-likeness (QED) is 0.586. The highest BCUT2D eigenvalue weighted by molar-refractivity contribution is 7.92. The van der Waals surface area contributed by atoms with Gasteiger partial charge in [0.05, 0.1) is 29.6 Å². The van der Waals surface area contributed by atoms with Crippen molar-refractivity contribution in [2.24, 2.45) is 0 Å². The summed E-state index contributed by atoms with van der Waals surface area (Å²) in [5.41, 5.74) is 2.02. The molecule has 1 amide bonds. The number of amides is 1. The molecule has 2 aromatic rings. The Morgan fingerprint density at radius 3 is 2.21 bits per heavy atom. The number of nitrogens with zero attached hydrogens (tertiary/aromatic N) is 2. The molecule has 9 nitrogen and oxygen atoms in total. The first-order chi connectivity index (χ1) is 15.9. The van der Waals surface area contributed by atoms with Gasteiger partial charge in [-0.15, -0.1) is 0 Å². The first-order valence-corrected chi connectivity index (χ1v) is 14.3. The second kappa shape index (κ2) is 10.3. The molecule has 1 fully saturated rings. The van der Waals surface area contributed by atoms with Crippen LogP contribution in [0.4, 0.5) is 11.4 Å². The van der Waals surface area contributed by atoms with Crippen LogP contribution in [-0.4, -0.2) is 60.0 Å². The Morgan fingerprint density at radius 2 is 1.65 bits per heavy atom. The number of carbonyl (C=O) groups excluding carboxylic acids is 1. The largest absolute Gasteiger partial charge is 0.495 e. The van der Waals surface area contributed by atoms with E-state index in [0.29, 0.717) is 29.9 Å². The van der Waals surface area contributed by atoms with Gasteiger partial charge in [0.1, 0.15) is 12.3 Å². The maximum Gasteiger partial charge on any atom is 0.245 e. The van der Waals surface area contributed by atoms with Crippen molar-refractivity contribution in [3.8, 4) is 5.75 Å². The van der Waals surface area contributed by atoms with Gasteiger partial charge >= 0.3 is 0 Å². The second-order valence-corrected chi connectivity index (χ2v) is 12.2. The normalized spacial score (nSPS) is 15.1. The van der Waals surface area contributed by atoms with Gasteiger partial charge in [0.15, 0.2) is 0 Å². The fourth-order valence-corrected chi connectivity index (χ4v) is 6.60. The van der Waals surface area contributed by atoms with Crippen molar-refractivity contribution in [2.45, 2.75) is 38.0 Å². The van der Waals surface area contributed by atoms with Gasteiger partial charge in [-0.1, -0.05) is 24.6 Å². The first-order valence-electron chi connectivity index (χ1n) is 11.0. The molecule has 3 rings (SSSR count). The summed E-state index contributed by atoms with van der Waals surface area (Å²) >= 11 is 0. The van der Waals surface area contributed by atoms with Gasteiger partial charge in [-0.25, -0.2) is 16.8 Å². The summed E-state index contributed by atoms with van der Waals surface area (Å²) in [7, 11) is -6.09. The Kier molecular flexibility index (Phi) is 7.89. The van der Waals surface area contributed by atoms with Crippen LogP contribution in [0, 0.1) is 13.8 Å². The van der Waals surface area contributed by atoms with E-state index in [-0.39, 0.29) is 16.3 Å². The third-order valence-electron chi connectivity index (χ3n) is 5.77. The van der Waals surface area contributed by atoms with E-state index in [1.807, 2.05) is 6.07 Å². The van der Waals surface area contributed by atoms with Crippen molar-refractivity contribution in [2.75, 3.05) is 42.6 Å². The molecule has 11 heteroatoms. The van der Waals surface area contributed by atoms with Gasteiger partial charge in [0.25, 0.3) is 0 Å². The lowest BCUT2D eigenvalue weighted by Crippen LogP contribution is -2.38. The molecule has 0 aliphatic carbocycles.